The second-order valence-electron chi connectivity index (χ2n) is 8.27. The second-order valence-corrected chi connectivity index (χ2v) is 8.27. The molecule has 3 aromatic rings. The second kappa shape index (κ2) is 5.62. The summed E-state index contributed by atoms with van der Waals surface area (Å²) in [6, 6.07) is 13.4. The molecule has 0 aliphatic carbocycles. The van der Waals surface area contributed by atoms with Gasteiger partial charge in [0, 0.05) is 5.56 Å². The van der Waals surface area contributed by atoms with Gasteiger partial charge in [0.15, 0.2) is 0 Å². The Morgan fingerprint density at radius 1 is 0.875 bits per heavy atom. The van der Waals surface area contributed by atoms with Crippen molar-refractivity contribution in [1.29, 1.82) is 0 Å². The van der Waals surface area contributed by atoms with Gasteiger partial charge < -0.3 is 5.11 Å². The van der Waals surface area contributed by atoms with Crippen LogP contribution in [0.1, 0.15) is 46.6 Å². The van der Waals surface area contributed by atoms with E-state index in [-0.39, 0.29) is 10.8 Å². The summed E-state index contributed by atoms with van der Waals surface area (Å²) in [5.41, 5.74) is 3.35. The number of benzene rings is 2. The van der Waals surface area contributed by atoms with E-state index in [1.54, 1.807) is 10.9 Å². The van der Waals surface area contributed by atoms with Crippen molar-refractivity contribution in [2.75, 3.05) is 0 Å². The standard InChI is InChI=1S/C20H25N3O/c1-19(2,3)13-20(4,5)18-16(11-8-12-17(18)24)23-21-14-9-6-7-10-15(14)22-23/h6-12,24H,13H2,1-5H3. The molecule has 0 amide bonds. The fourth-order valence-corrected chi connectivity index (χ4v) is 3.77. The van der Waals surface area contributed by atoms with E-state index in [9.17, 15) is 5.11 Å². The molecule has 0 aliphatic heterocycles. The van der Waals surface area contributed by atoms with E-state index in [0.717, 1.165) is 28.7 Å². The highest BCUT2D eigenvalue weighted by atomic mass is 16.3. The number of nitrogens with zero attached hydrogens (tertiary/aromatic N) is 3. The van der Waals surface area contributed by atoms with E-state index in [2.05, 4.69) is 44.8 Å². The van der Waals surface area contributed by atoms with Crippen LogP contribution in [0, 0.1) is 5.41 Å². The molecule has 4 nitrogen and oxygen atoms in total. The molecule has 1 heterocycles. The lowest BCUT2D eigenvalue weighted by atomic mass is 9.71. The summed E-state index contributed by atoms with van der Waals surface area (Å²) < 4.78 is 0. The Kier molecular flexibility index (Phi) is 3.86. The predicted molar refractivity (Wildman–Crippen MR) is 97.6 cm³/mol. The third kappa shape index (κ3) is 3.14. The summed E-state index contributed by atoms with van der Waals surface area (Å²) in [6.07, 6.45) is 0.936. The van der Waals surface area contributed by atoms with E-state index >= 15 is 0 Å². The van der Waals surface area contributed by atoms with E-state index in [4.69, 9.17) is 0 Å². The van der Waals surface area contributed by atoms with Crippen LogP contribution in [-0.4, -0.2) is 20.1 Å². The van der Waals surface area contributed by atoms with Crippen molar-refractivity contribution in [2.45, 2.75) is 46.5 Å². The van der Waals surface area contributed by atoms with Crippen molar-refractivity contribution in [2.24, 2.45) is 5.41 Å². The van der Waals surface area contributed by atoms with Gasteiger partial charge in [-0.2, -0.15) is 0 Å². The van der Waals surface area contributed by atoms with Gasteiger partial charge in [0.05, 0.1) is 5.69 Å². The molecule has 0 spiro atoms. The highest BCUT2D eigenvalue weighted by Gasteiger charge is 2.32. The highest BCUT2D eigenvalue weighted by molar-refractivity contribution is 5.73. The number of aromatic nitrogens is 3. The third-order valence-corrected chi connectivity index (χ3v) is 4.17. The molecule has 24 heavy (non-hydrogen) atoms. The summed E-state index contributed by atoms with van der Waals surface area (Å²) in [5.74, 6) is 0.295. The van der Waals surface area contributed by atoms with Crippen LogP contribution in [0.2, 0.25) is 0 Å². The lowest BCUT2D eigenvalue weighted by molar-refractivity contribution is 0.278. The number of fused-ring (bicyclic) bond motifs is 1. The summed E-state index contributed by atoms with van der Waals surface area (Å²) in [5, 5.41) is 19.8. The van der Waals surface area contributed by atoms with Crippen molar-refractivity contribution in [1.82, 2.24) is 15.0 Å². The van der Waals surface area contributed by atoms with Gasteiger partial charge in [0.2, 0.25) is 0 Å². The Morgan fingerprint density at radius 2 is 1.46 bits per heavy atom. The third-order valence-electron chi connectivity index (χ3n) is 4.17. The molecule has 0 radical (unpaired) electrons. The number of phenolic OH excluding ortho intramolecular Hbond substituents is 1. The van der Waals surface area contributed by atoms with Crippen molar-refractivity contribution < 1.29 is 5.11 Å². The van der Waals surface area contributed by atoms with Crippen LogP contribution in [0.5, 0.6) is 5.75 Å². The maximum absolute atomic E-state index is 10.6. The first-order valence-electron chi connectivity index (χ1n) is 8.32. The predicted octanol–water partition coefficient (Wildman–Crippen LogP) is 4.84. The molecular weight excluding hydrogens is 298 g/mol. The number of hydrogen-bond acceptors (Lipinski definition) is 3. The quantitative estimate of drug-likeness (QED) is 0.750. The van der Waals surface area contributed by atoms with Gasteiger partial charge in [-0.25, -0.2) is 0 Å². The average Bonchev–Trinajstić information content (AvgIpc) is 2.87. The van der Waals surface area contributed by atoms with Crippen LogP contribution in [0.3, 0.4) is 0 Å². The zero-order valence-corrected chi connectivity index (χ0v) is 15.0. The zero-order chi connectivity index (χ0) is 17.5. The van der Waals surface area contributed by atoms with E-state index < -0.39 is 0 Å². The van der Waals surface area contributed by atoms with E-state index in [0.29, 0.717) is 5.75 Å². The van der Waals surface area contributed by atoms with Gasteiger partial charge in [-0.15, -0.1) is 15.0 Å². The summed E-state index contributed by atoms with van der Waals surface area (Å²) in [6.45, 7) is 11.0. The summed E-state index contributed by atoms with van der Waals surface area (Å²) in [4.78, 5) is 1.64. The van der Waals surface area contributed by atoms with Gasteiger partial charge in [-0.05, 0) is 41.5 Å². The lowest BCUT2D eigenvalue weighted by Gasteiger charge is -2.34. The first-order chi connectivity index (χ1) is 11.2. The van der Waals surface area contributed by atoms with Crippen LogP contribution in [0.4, 0.5) is 0 Å². The Balaban J connectivity index is 2.17. The fourth-order valence-electron chi connectivity index (χ4n) is 3.77. The molecule has 0 unspecified atom stereocenters. The molecular formula is C20H25N3O. The number of phenols is 1. The van der Waals surface area contributed by atoms with Crippen LogP contribution in [-0.2, 0) is 5.41 Å². The molecule has 1 aromatic heterocycles. The molecule has 2 aromatic carbocycles. The van der Waals surface area contributed by atoms with Crippen LogP contribution >= 0.6 is 0 Å². The van der Waals surface area contributed by atoms with E-state index in [1.165, 1.54) is 0 Å². The summed E-state index contributed by atoms with van der Waals surface area (Å²) >= 11 is 0. The van der Waals surface area contributed by atoms with Crippen LogP contribution < -0.4 is 0 Å². The van der Waals surface area contributed by atoms with Crippen molar-refractivity contribution in [3.63, 3.8) is 0 Å². The molecule has 0 saturated heterocycles. The van der Waals surface area contributed by atoms with Crippen LogP contribution in [0.15, 0.2) is 42.5 Å². The Morgan fingerprint density at radius 3 is 2.00 bits per heavy atom. The molecule has 4 heteroatoms. The molecule has 3 rings (SSSR count). The normalized spacial score (nSPS) is 12.7. The van der Waals surface area contributed by atoms with Crippen molar-refractivity contribution in [3.05, 3.63) is 48.0 Å². The number of hydrogen-bond donors (Lipinski definition) is 1. The number of aromatic hydroxyl groups is 1. The topological polar surface area (TPSA) is 50.9 Å². The minimum atomic E-state index is -0.210. The van der Waals surface area contributed by atoms with Gasteiger partial charge in [0.1, 0.15) is 16.8 Å². The molecule has 0 atom stereocenters. The number of rotatable bonds is 3. The SMILES string of the molecule is CC(C)(C)CC(C)(C)c1c(O)cccc1-n1nc2ccccc2n1. The van der Waals surface area contributed by atoms with E-state index in [1.807, 2.05) is 36.4 Å². The zero-order valence-electron chi connectivity index (χ0n) is 15.0. The van der Waals surface area contributed by atoms with Gasteiger partial charge in [0.25, 0.3) is 0 Å². The molecule has 126 valence electrons. The average molecular weight is 323 g/mol. The van der Waals surface area contributed by atoms with Crippen molar-refractivity contribution in [3.8, 4) is 11.4 Å². The minimum absolute atomic E-state index is 0.144. The Labute approximate surface area is 143 Å². The maximum atomic E-state index is 10.6. The van der Waals surface area contributed by atoms with Crippen LogP contribution in [0.25, 0.3) is 16.7 Å². The van der Waals surface area contributed by atoms with Crippen molar-refractivity contribution >= 4 is 11.0 Å². The Bertz CT molecular complexity index is 839. The largest absolute Gasteiger partial charge is 0.508 e. The Hall–Kier alpha value is -2.36. The fraction of sp³-hybridized carbons (Fsp3) is 0.400. The highest BCUT2D eigenvalue weighted by Crippen LogP contribution is 2.42. The summed E-state index contributed by atoms with van der Waals surface area (Å²) in [7, 11) is 0. The maximum Gasteiger partial charge on any atom is 0.121 e. The smallest absolute Gasteiger partial charge is 0.121 e. The molecule has 0 saturated carbocycles. The monoisotopic (exact) mass is 323 g/mol. The molecule has 0 aliphatic rings. The molecule has 1 N–H and O–H groups in total. The minimum Gasteiger partial charge on any atom is -0.508 e. The van der Waals surface area contributed by atoms with Gasteiger partial charge >= 0.3 is 0 Å². The van der Waals surface area contributed by atoms with Gasteiger partial charge in [-0.1, -0.05) is 52.8 Å². The molecule has 0 fully saturated rings. The lowest BCUT2D eigenvalue weighted by Crippen LogP contribution is -2.26. The first kappa shape index (κ1) is 16.5. The van der Waals surface area contributed by atoms with Gasteiger partial charge in [-0.3, -0.25) is 0 Å². The first-order valence-corrected chi connectivity index (χ1v) is 8.32. The molecule has 0 bridgehead atoms.